The average molecular weight is 287 g/mol. The zero-order chi connectivity index (χ0) is 14.5. The molecule has 0 aliphatic heterocycles. The van der Waals surface area contributed by atoms with Gasteiger partial charge >= 0.3 is 0 Å². The molecule has 100 valence electrons. The molecule has 1 N–H and O–H groups in total. The first-order valence-electron chi connectivity index (χ1n) is 5.71. The number of nitrogens with one attached hydrogen (secondary N) is 1. The van der Waals surface area contributed by atoms with Crippen molar-refractivity contribution in [3.05, 3.63) is 53.0 Å². The molecule has 1 aromatic carbocycles. The highest BCUT2D eigenvalue weighted by atomic mass is 35.5. The molecule has 0 fully saturated rings. The standard InChI is InChI=1S/C14H11ClN4O/c1-9(2)13-18-12(7-16)14(20-13)19-17-8-10-4-3-5-11(15)6-10/h3-6,8,19H,1H2,2H3. The van der Waals surface area contributed by atoms with Crippen molar-refractivity contribution in [1.82, 2.24) is 4.98 Å². The molecule has 0 amide bonds. The molecule has 1 heterocycles. The van der Waals surface area contributed by atoms with E-state index in [2.05, 4.69) is 22.1 Å². The van der Waals surface area contributed by atoms with Crippen LogP contribution in [0.15, 0.2) is 40.4 Å². The van der Waals surface area contributed by atoms with E-state index in [1.165, 1.54) is 0 Å². The number of hydrogen-bond donors (Lipinski definition) is 1. The number of allylic oxidation sites excluding steroid dienone is 1. The van der Waals surface area contributed by atoms with Crippen LogP contribution in [0.4, 0.5) is 5.88 Å². The van der Waals surface area contributed by atoms with Crippen molar-refractivity contribution in [2.24, 2.45) is 5.10 Å². The molecular formula is C14H11ClN4O. The molecule has 2 aromatic rings. The summed E-state index contributed by atoms with van der Waals surface area (Å²) in [4.78, 5) is 3.98. The molecule has 0 spiro atoms. The van der Waals surface area contributed by atoms with Crippen LogP contribution >= 0.6 is 11.6 Å². The van der Waals surface area contributed by atoms with Crippen LogP contribution in [-0.2, 0) is 0 Å². The Bertz CT molecular complexity index is 712. The molecule has 0 atom stereocenters. The molecule has 0 unspecified atom stereocenters. The van der Waals surface area contributed by atoms with Gasteiger partial charge in [-0.2, -0.15) is 15.3 Å². The minimum atomic E-state index is 0.131. The van der Waals surface area contributed by atoms with Gasteiger partial charge in [-0.3, -0.25) is 0 Å². The Labute approximate surface area is 121 Å². The Kier molecular flexibility index (Phi) is 4.18. The first-order valence-corrected chi connectivity index (χ1v) is 6.09. The normalized spacial score (nSPS) is 10.4. The lowest BCUT2D eigenvalue weighted by molar-refractivity contribution is 0.554. The van der Waals surface area contributed by atoms with Gasteiger partial charge in [-0.25, -0.2) is 5.43 Å². The Morgan fingerprint density at radius 3 is 3.05 bits per heavy atom. The number of halogens is 1. The van der Waals surface area contributed by atoms with E-state index in [1.807, 2.05) is 18.2 Å². The fourth-order valence-corrected chi connectivity index (χ4v) is 1.61. The topological polar surface area (TPSA) is 74.2 Å². The quantitative estimate of drug-likeness (QED) is 0.687. The van der Waals surface area contributed by atoms with E-state index in [4.69, 9.17) is 21.3 Å². The predicted molar refractivity (Wildman–Crippen MR) is 78.6 cm³/mol. The Morgan fingerprint density at radius 2 is 2.40 bits per heavy atom. The van der Waals surface area contributed by atoms with Gasteiger partial charge in [0, 0.05) is 10.6 Å². The molecule has 0 radical (unpaired) electrons. The number of hydrazone groups is 1. The predicted octanol–water partition coefficient (Wildman–Crippen LogP) is 3.68. The second kappa shape index (κ2) is 6.04. The van der Waals surface area contributed by atoms with Gasteiger partial charge in [0.25, 0.3) is 5.88 Å². The van der Waals surface area contributed by atoms with Crippen molar-refractivity contribution in [2.75, 3.05) is 5.43 Å². The molecule has 0 aliphatic carbocycles. The summed E-state index contributed by atoms with van der Waals surface area (Å²) in [6.07, 6.45) is 1.57. The van der Waals surface area contributed by atoms with E-state index < -0.39 is 0 Å². The van der Waals surface area contributed by atoms with Crippen LogP contribution in [-0.4, -0.2) is 11.2 Å². The highest BCUT2D eigenvalue weighted by Crippen LogP contribution is 2.20. The lowest BCUT2D eigenvalue weighted by Crippen LogP contribution is -1.91. The summed E-state index contributed by atoms with van der Waals surface area (Å²) in [5.41, 5.74) is 4.23. The number of nitrogens with zero attached hydrogens (tertiary/aromatic N) is 3. The van der Waals surface area contributed by atoms with Crippen molar-refractivity contribution in [1.29, 1.82) is 5.26 Å². The molecule has 0 saturated carbocycles. The zero-order valence-electron chi connectivity index (χ0n) is 10.7. The maximum Gasteiger partial charge on any atom is 0.252 e. The van der Waals surface area contributed by atoms with Crippen molar-refractivity contribution in [3.63, 3.8) is 0 Å². The first kappa shape index (κ1) is 13.8. The summed E-state index contributed by atoms with van der Waals surface area (Å²) in [5.74, 6) is 0.491. The maximum absolute atomic E-state index is 8.95. The van der Waals surface area contributed by atoms with Crippen LogP contribution in [0.5, 0.6) is 0 Å². The van der Waals surface area contributed by atoms with E-state index in [0.717, 1.165) is 5.56 Å². The van der Waals surface area contributed by atoms with Gasteiger partial charge in [0.1, 0.15) is 6.07 Å². The summed E-state index contributed by atoms with van der Waals surface area (Å²) in [5, 5.41) is 13.6. The van der Waals surface area contributed by atoms with Crippen LogP contribution in [0.3, 0.4) is 0 Å². The Morgan fingerprint density at radius 1 is 1.60 bits per heavy atom. The number of benzene rings is 1. The third-order valence-corrected chi connectivity index (χ3v) is 2.56. The third-order valence-electron chi connectivity index (χ3n) is 2.33. The monoisotopic (exact) mass is 286 g/mol. The van der Waals surface area contributed by atoms with Crippen molar-refractivity contribution >= 4 is 29.3 Å². The minimum Gasteiger partial charge on any atom is -0.418 e. The van der Waals surface area contributed by atoms with Crippen LogP contribution in [0.1, 0.15) is 24.1 Å². The van der Waals surface area contributed by atoms with Crippen molar-refractivity contribution < 1.29 is 4.42 Å². The number of aromatic nitrogens is 1. The van der Waals surface area contributed by atoms with Crippen LogP contribution < -0.4 is 5.43 Å². The fraction of sp³-hybridized carbons (Fsp3) is 0.0714. The molecular weight excluding hydrogens is 276 g/mol. The van der Waals surface area contributed by atoms with Gasteiger partial charge in [-0.15, -0.1) is 0 Å². The smallest absolute Gasteiger partial charge is 0.252 e. The highest BCUT2D eigenvalue weighted by Gasteiger charge is 2.12. The fourth-order valence-electron chi connectivity index (χ4n) is 1.41. The zero-order valence-corrected chi connectivity index (χ0v) is 11.5. The van der Waals surface area contributed by atoms with Crippen LogP contribution in [0.2, 0.25) is 5.02 Å². The number of anilines is 1. The Hall–Kier alpha value is -2.58. The van der Waals surface area contributed by atoms with Gasteiger partial charge in [0.2, 0.25) is 11.6 Å². The molecule has 2 rings (SSSR count). The summed E-state index contributed by atoms with van der Waals surface area (Å²) >= 11 is 5.86. The summed E-state index contributed by atoms with van der Waals surface area (Å²) in [6.45, 7) is 5.45. The number of nitriles is 1. The van der Waals surface area contributed by atoms with E-state index in [9.17, 15) is 0 Å². The van der Waals surface area contributed by atoms with Gasteiger partial charge in [-0.05, 0) is 24.6 Å². The largest absolute Gasteiger partial charge is 0.418 e. The lowest BCUT2D eigenvalue weighted by Gasteiger charge is -1.96. The second-order valence-electron chi connectivity index (χ2n) is 4.01. The maximum atomic E-state index is 8.95. The lowest BCUT2D eigenvalue weighted by atomic mass is 10.2. The number of hydrogen-bond acceptors (Lipinski definition) is 5. The van der Waals surface area contributed by atoms with E-state index in [1.54, 1.807) is 25.3 Å². The van der Waals surface area contributed by atoms with Gasteiger partial charge < -0.3 is 4.42 Å². The van der Waals surface area contributed by atoms with Crippen LogP contribution in [0.25, 0.3) is 5.57 Å². The number of oxazole rings is 1. The summed E-state index contributed by atoms with van der Waals surface area (Å²) in [7, 11) is 0. The van der Waals surface area contributed by atoms with Crippen molar-refractivity contribution in [2.45, 2.75) is 6.92 Å². The molecule has 5 nitrogen and oxygen atoms in total. The molecule has 0 aliphatic rings. The minimum absolute atomic E-state index is 0.131. The molecule has 0 bridgehead atoms. The molecule has 1 aromatic heterocycles. The summed E-state index contributed by atoms with van der Waals surface area (Å²) in [6, 6.07) is 9.13. The first-order chi connectivity index (χ1) is 9.60. The van der Waals surface area contributed by atoms with E-state index >= 15 is 0 Å². The van der Waals surface area contributed by atoms with Crippen molar-refractivity contribution in [3.8, 4) is 6.07 Å². The SMILES string of the molecule is C=C(C)c1nc(C#N)c(NN=Cc2cccc(Cl)c2)o1. The average Bonchev–Trinajstić information content (AvgIpc) is 2.82. The Balaban J connectivity index is 2.15. The third kappa shape index (κ3) is 3.25. The molecule has 6 heteroatoms. The second-order valence-corrected chi connectivity index (χ2v) is 4.45. The summed E-state index contributed by atoms with van der Waals surface area (Å²) < 4.78 is 5.34. The van der Waals surface area contributed by atoms with Gasteiger partial charge in [-0.1, -0.05) is 30.3 Å². The van der Waals surface area contributed by atoms with Gasteiger partial charge in [0.05, 0.1) is 6.21 Å². The van der Waals surface area contributed by atoms with Crippen LogP contribution in [0, 0.1) is 11.3 Å². The van der Waals surface area contributed by atoms with E-state index in [-0.39, 0.29) is 11.6 Å². The number of rotatable bonds is 4. The molecule has 20 heavy (non-hydrogen) atoms. The molecule has 0 saturated heterocycles. The highest BCUT2D eigenvalue weighted by molar-refractivity contribution is 6.30. The van der Waals surface area contributed by atoms with E-state index in [0.29, 0.717) is 16.5 Å². The van der Waals surface area contributed by atoms with Gasteiger partial charge in [0.15, 0.2) is 0 Å².